The smallest absolute Gasteiger partial charge is 0.264 e. The van der Waals surface area contributed by atoms with Gasteiger partial charge < -0.3 is 9.69 Å². The molecule has 1 aliphatic carbocycles. The van der Waals surface area contributed by atoms with Gasteiger partial charge in [-0.05, 0) is 55.6 Å². The molecule has 2 atom stereocenters. The average Bonchev–Trinajstić information content (AvgIpc) is 2.89. The van der Waals surface area contributed by atoms with Gasteiger partial charge in [0.25, 0.3) is 10.1 Å². The van der Waals surface area contributed by atoms with Crippen molar-refractivity contribution in [1.82, 2.24) is 0 Å². The number of anilines is 1. The predicted molar refractivity (Wildman–Crippen MR) is 117 cm³/mol. The number of carbonyl (C=O) groups is 1. The highest BCUT2D eigenvalue weighted by Gasteiger charge is 2.60. The van der Waals surface area contributed by atoms with Crippen molar-refractivity contribution in [3.8, 4) is 0 Å². The average molecular weight is 420 g/mol. The minimum Gasteiger partial charge on any atom is -0.367 e. The van der Waals surface area contributed by atoms with E-state index in [1.165, 1.54) is 16.8 Å². The van der Waals surface area contributed by atoms with Gasteiger partial charge >= 0.3 is 0 Å². The lowest BCUT2D eigenvalue weighted by atomic mass is 9.51. The van der Waals surface area contributed by atoms with Crippen LogP contribution in [0.15, 0.2) is 36.4 Å². The van der Waals surface area contributed by atoms with E-state index in [1.807, 2.05) is 0 Å². The van der Waals surface area contributed by atoms with E-state index in [2.05, 4.69) is 49.6 Å². The van der Waals surface area contributed by atoms with Crippen LogP contribution in [0.1, 0.15) is 64.4 Å². The zero-order valence-corrected chi connectivity index (χ0v) is 18.4. The minimum atomic E-state index is -3.92. The Hall–Kier alpha value is -1.66. The summed E-state index contributed by atoms with van der Waals surface area (Å²) in [5.74, 6) is -0.199. The summed E-state index contributed by atoms with van der Waals surface area (Å²) in [4.78, 5) is 13.5. The lowest BCUT2D eigenvalue weighted by Gasteiger charge is -2.54. The third-order valence-corrected chi connectivity index (χ3v) is 7.77. The van der Waals surface area contributed by atoms with Gasteiger partial charge in [0.2, 0.25) is 0 Å². The Morgan fingerprint density at radius 2 is 1.97 bits per heavy atom. The standard InChI is InChI=1S/C23H33NO4S/c1-18-16-21-23(12-6-8-14-25,22(2,3)17-18)19-10-4-5-11-20(19)24(21)13-7-9-15-29(26,27)28/h4-5,10-11,14,21H,1,6-9,12-13,15-17H2,2-3H3,(H,26,27,28). The number of hydrogen-bond acceptors (Lipinski definition) is 4. The number of para-hydroxylation sites is 1. The molecule has 5 nitrogen and oxygen atoms in total. The molecule has 2 aliphatic rings. The van der Waals surface area contributed by atoms with Crippen LogP contribution in [0.2, 0.25) is 0 Å². The summed E-state index contributed by atoms with van der Waals surface area (Å²) >= 11 is 0. The molecule has 0 saturated heterocycles. The Morgan fingerprint density at radius 1 is 1.24 bits per heavy atom. The first-order valence-corrected chi connectivity index (χ1v) is 12.1. The summed E-state index contributed by atoms with van der Waals surface area (Å²) < 4.78 is 31.2. The predicted octanol–water partition coefficient (Wildman–Crippen LogP) is 4.53. The fourth-order valence-electron chi connectivity index (χ4n) is 5.89. The molecule has 0 spiro atoms. The van der Waals surface area contributed by atoms with Crippen LogP contribution in [0.25, 0.3) is 0 Å². The first kappa shape index (κ1) is 22.0. The van der Waals surface area contributed by atoms with Gasteiger partial charge in [0.05, 0.1) is 5.75 Å². The molecule has 2 unspecified atom stereocenters. The van der Waals surface area contributed by atoms with Gasteiger partial charge in [0.1, 0.15) is 6.29 Å². The Labute approximate surface area is 174 Å². The number of benzene rings is 1. The van der Waals surface area contributed by atoms with Gasteiger partial charge in [-0.3, -0.25) is 4.55 Å². The van der Waals surface area contributed by atoms with E-state index in [0.717, 1.165) is 38.5 Å². The molecule has 1 heterocycles. The molecule has 6 heteroatoms. The van der Waals surface area contributed by atoms with Crippen molar-refractivity contribution < 1.29 is 17.8 Å². The SMILES string of the molecule is C=C1CC2N(CCCCS(=O)(=O)O)c3ccccc3C2(CCCC=O)C(C)(C)C1. The maximum atomic E-state index is 11.1. The van der Waals surface area contributed by atoms with Crippen molar-refractivity contribution in [3.05, 3.63) is 42.0 Å². The van der Waals surface area contributed by atoms with E-state index in [9.17, 15) is 13.2 Å². The van der Waals surface area contributed by atoms with E-state index in [4.69, 9.17) is 4.55 Å². The largest absolute Gasteiger partial charge is 0.367 e. The topological polar surface area (TPSA) is 74.7 Å². The van der Waals surface area contributed by atoms with Crippen LogP contribution in [-0.4, -0.2) is 37.6 Å². The summed E-state index contributed by atoms with van der Waals surface area (Å²) in [6.45, 7) is 9.72. The summed E-state index contributed by atoms with van der Waals surface area (Å²) in [6, 6.07) is 8.81. The highest BCUT2D eigenvalue weighted by Crippen LogP contribution is 2.63. The number of unbranched alkanes of at least 4 members (excludes halogenated alkanes) is 2. The van der Waals surface area contributed by atoms with E-state index in [-0.39, 0.29) is 22.6 Å². The molecule has 0 amide bonds. The van der Waals surface area contributed by atoms with Gasteiger partial charge in [-0.15, -0.1) is 0 Å². The molecular formula is C23H33NO4S. The molecule has 1 N–H and O–H groups in total. The number of fused-ring (bicyclic) bond motifs is 3. The summed E-state index contributed by atoms with van der Waals surface area (Å²) in [5.41, 5.74) is 3.77. The Kier molecular flexibility index (Phi) is 6.25. The number of carbonyl (C=O) groups excluding carboxylic acids is 1. The summed E-state index contributed by atoms with van der Waals surface area (Å²) in [5, 5.41) is 0. The minimum absolute atomic E-state index is 0.00910. The van der Waals surface area contributed by atoms with Crippen molar-refractivity contribution in [3.63, 3.8) is 0 Å². The van der Waals surface area contributed by atoms with Gasteiger partial charge in [-0.2, -0.15) is 8.42 Å². The van der Waals surface area contributed by atoms with E-state index >= 15 is 0 Å². The van der Waals surface area contributed by atoms with Crippen molar-refractivity contribution in [2.24, 2.45) is 5.41 Å². The second-order valence-electron chi connectivity index (χ2n) is 9.26. The lowest BCUT2D eigenvalue weighted by Crippen LogP contribution is -2.56. The monoisotopic (exact) mass is 419 g/mol. The van der Waals surface area contributed by atoms with E-state index in [1.54, 1.807) is 0 Å². The molecule has 1 aliphatic heterocycles. The zero-order valence-electron chi connectivity index (χ0n) is 17.6. The normalized spacial score (nSPS) is 25.6. The van der Waals surface area contributed by atoms with Crippen LogP contribution in [-0.2, 0) is 20.3 Å². The molecule has 0 aromatic heterocycles. The molecule has 29 heavy (non-hydrogen) atoms. The van der Waals surface area contributed by atoms with E-state index in [0.29, 0.717) is 19.3 Å². The van der Waals surface area contributed by atoms with Crippen LogP contribution in [0, 0.1) is 5.41 Å². The fraction of sp³-hybridized carbons (Fsp3) is 0.609. The summed E-state index contributed by atoms with van der Waals surface area (Å²) in [7, 11) is -3.92. The number of hydrogen-bond donors (Lipinski definition) is 1. The lowest BCUT2D eigenvalue weighted by molar-refractivity contribution is -0.108. The number of rotatable bonds is 9. The molecule has 160 valence electrons. The van der Waals surface area contributed by atoms with Crippen LogP contribution in [0.5, 0.6) is 0 Å². The Morgan fingerprint density at radius 3 is 2.66 bits per heavy atom. The van der Waals surface area contributed by atoms with Gasteiger partial charge in [0, 0.05) is 30.1 Å². The molecule has 0 radical (unpaired) electrons. The van der Waals surface area contributed by atoms with Crippen molar-refractivity contribution in [1.29, 1.82) is 0 Å². The number of nitrogens with zero attached hydrogens (tertiary/aromatic N) is 1. The third kappa shape index (κ3) is 4.15. The number of aldehydes is 1. The maximum absolute atomic E-state index is 11.1. The Bertz CT molecular complexity index is 877. The molecule has 1 fully saturated rings. The van der Waals surface area contributed by atoms with Gasteiger partial charge in [-0.25, -0.2) is 0 Å². The van der Waals surface area contributed by atoms with E-state index < -0.39 is 10.1 Å². The first-order valence-electron chi connectivity index (χ1n) is 10.5. The highest BCUT2D eigenvalue weighted by atomic mass is 32.2. The van der Waals surface area contributed by atoms with Crippen molar-refractivity contribution in [2.75, 3.05) is 17.2 Å². The van der Waals surface area contributed by atoms with Crippen LogP contribution in [0.3, 0.4) is 0 Å². The molecular weight excluding hydrogens is 386 g/mol. The molecule has 1 aromatic carbocycles. The highest BCUT2D eigenvalue weighted by molar-refractivity contribution is 7.85. The quantitative estimate of drug-likeness (QED) is 0.276. The van der Waals surface area contributed by atoms with Crippen molar-refractivity contribution >= 4 is 22.1 Å². The second-order valence-corrected chi connectivity index (χ2v) is 10.8. The Balaban J connectivity index is 1.96. The molecule has 1 saturated carbocycles. The molecule has 1 aromatic rings. The van der Waals surface area contributed by atoms with Gasteiger partial charge in [0.15, 0.2) is 0 Å². The van der Waals surface area contributed by atoms with Crippen LogP contribution in [0.4, 0.5) is 5.69 Å². The van der Waals surface area contributed by atoms with Crippen molar-refractivity contribution in [2.45, 2.75) is 70.3 Å². The first-order chi connectivity index (χ1) is 13.6. The fourth-order valence-corrected chi connectivity index (χ4v) is 6.46. The maximum Gasteiger partial charge on any atom is 0.264 e. The second kappa shape index (κ2) is 8.23. The third-order valence-electron chi connectivity index (χ3n) is 6.97. The van der Waals surface area contributed by atoms with Gasteiger partial charge in [-0.1, -0.05) is 44.2 Å². The van der Waals surface area contributed by atoms with Crippen LogP contribution < -0.4 is 4.90 Å². The summed E-state index contributed by atoms with van der Waals surface area (Å²) in [6.07, 6.45) is 6.41. The zero-order chi connectivity index (χ0) is 21.3. The molecule has 3 rings (SSSR count). The van der Waals surface area contributed by atoms with Crippen LogP contribution >= 0.6 is 0 Å². The molecule has 0 bridgehead atoms.